The van der Waals surface area contributed by atoms with Gasteiger partial charge < -0.3 is 4.74 Å². The van der Waals surface area contributed by atoms with Crippen LogP contribution in [0, 0.1) is 0 Å². The largest absolute Gasteiger partial charge is 0.490 e. The number of ether oxygens (including phenoxy) is 1. The van der Waals surface area contributed by atoms with Crippen LogP contribution in [-0.4, -0.2) is 19.6 Å². The molecule has 0 saturated carbocycles. The van der Waals surface area contributed by atoms with Crippen LogP contribution in [0.2, 0.25) is 0 Å². The Kier molecular flexibility index (Phi) is 3.67. The van der Waals surface area contributed by atoms with Crippen molar-refractivity contribution in [3.63, 3.8) is 0 Å². The van der Waals surface area contributed by atoms with Gasteiger partial charge in [-0.15, -0.1) is 0 Å². The summed E-state index contributed by atoms with van der Waals surface area (Å²) in [7, 11) is -4.04. The SMILES string of the molecule is O=S(=O)(O)C=CCOc1ccccc1. The second-order valence-electron chi connectivity index (χ2n) is 2.51. The van der Waals surface area contributed by atoms with Crippen LogP contribution in [0.5, 0.6) is 5.75 Å². The van der Waals surface area contributed by atoms with Crippen LogP contribution in [0.3, 0.4) is 0 Å². The van der Waals surface area contributed by atoms with Crippen LogP contribution < -0.4 is 4.74 Å². The molecular weight excluding hydrogens is 204 g/mol. The van der Waals surface area contributed by atoms with Gasteiger partial charge in [-0.1, -0.05) is 18.2 Å². The molecule has 76 valence electrons. The fraction of sp³-hybridized carbons (Fsp3) is 0.111. The van der Waals surface area contributed by atoms with Gasteiger partial charge in [0.05, 0.1) is 5.41 Å². The van der Waals surface area contributed by atoms with Gasteiger partial charge >= 0.3 is 0 Å². The molecule has 1 aromatic rings. The molecule has 1 N–H and O–H groups in total. The predicted octanol–water partition coefficient (Wildman–Crippen LogP) is 1.47. The first-order chi connectivity index (χ1) is 6.58. The Balaban J connectivity index is 2.40. The number of hydrogen-bond acceptors (Lipinski definition) is 3. The van der Waals surface area contributed by atoms with Crippen LogP contribution in [0.15, 0.2) is 41.8 Å². The van der Waals surface area contributed by atoms with Crippen LogP contribution >= 0.6 is 0 Å². The first-order valence-electron chi connectivity index (χ1n) is 3.90. The quantitative estimate of drug-likeness (QED) is 0.771. The summed E-state index contributed by atoms with van der Waals surface area (Å²) in [6.45, 7) is 0.101. The van der Waals surface area contributed by atoms with Crippen molar-refractivity contribution >= 4 is 10.1 Å². The maximum absolute atomic E-state index is 10.3. The molecule has 5 heteroatoms. The molecule has 0 atom stereocenters. The fourth-order valence-corrected chi connectivity index (χ4v) is 1.14. The monoisotopic (exact) mass is 214 g/mol. The lowest BCUT2D eigenvalue weighted by Gasteiger charge is -2.00. The molecular formula is C9H10O4S. The zero-order valence-electron chi connectivity index (χ0n) is 7.33. The Morgan fingerprint density at radius 2 is 1.93 bits per heavy atom. The summed E-state index contributed by atoms with van der Waals surface area (Å²) >= 11 is 0. The lowest BCUT2D eigenvalue weighted by atomic mass is 10.3. The lowest BCUT2D eigenvalue weighted by molar-refractivity contribution is 0.363. The summed E-state index contributed by atoms with van der Waals surface area (Å²) < 4.78 is 34.0. The van der Waals surface area contributed by atoms with E-state index in [-0.39, 0.29) is 6.61 Å². The maximum atomic E-state index is 10.3. The molecule has 0 aromatic heterocycles. The van der Waals surface area contributed by atoms with E-state index in [1.165, 1.54) is 6.08 Å². The second-order valence-corrected chi connectivity index (χ2v) is 3.81. The smallest absolute Gasteiger partial charge is 0.287 e. The Labute approximate surface area is 82.6 Å². The number of benzene rings is 1. The van der Waals surface area contributed by atoms with Crippen molar-refractivity contribution in [2.75, 3.05) is 6.61 Å². The van der Waals surface area contributed by atoms with Crippen LogP contribution in [0.4, 0.5) is 0 Å². The van der Waals surface area contributed by atoms with E-state index in [2.05, 4.69) is 0 Å². The van der Waals surface area contributed by atoms with E-state index < -0.39 is 10.1 Å². The molecule has 0 aliphatic heterocycles. The molecule has 0 aliphatic carbocycles. The minimum atomic E-state index is -4.04. The van der Waals surface area contributed by atoms with Crippen LogP contribution in [0.25, 0.3) is 0 Å². The lowest BCUT2D eigenvalue weighted by Crippen LogP contribution is -1.95. The Bertz CT molecular complexity index is 394. The van der Waals surface area contributed by atoms with Crippen molar-refractivity contribution in [2.45, 2.75) is 0 Å². The molecule has 0 fully saturated rings. The first kappa shape index (κ1) is 10.7. The summed E-state index contributed by atoms with van der Waals surface area (Å²) in [6, 6.07) is 8.97. The topological polar surface area (TPSA) is 63.6 Å². The van der Waals surface area contributed by atoms with Gasteiger partial charge in [-0.05, 0) is 18.2 Å². The average Bonchev–Trinajstić information content (AvgIpc) is 2.13. The molecule has 0 bridgehead atoms. The molecule has 0 unspecified atom stereocenters. The van der Waals surface area contributed by atoms with E-state index in [1.807, 2.05) is 18.2 Å². The van der Waals surface area contributed by atoms with Gasteiger partial charge in [0, 0.05) is 0 Å². The van der Waals surface area contributed by atoms with E-state index in [1.54, 1.807) is 12.1 Å². The van der Waals surface area contributed by atoms with E-state index in [0.29, 0.717) is 11.2 Å². The summed E-state index contributed by atoms with van der Waals surface area (Å²) in [5, 5.41) is 0.690. The van der Waals surface area contributed by atoms with Crippen LogP contribution in [0.1, 0.15) is 0 Å². The molecule has 0 heterocycles. The van der Waals surface area contributed by atoms with Gasteiger partial charge in [0.2, 0.25) is 0 Å². The van der Waals surface area contributed by atoms with Crippen molar-refractivity contribution in [3.05, 3.63) is 41.8 Å². The third kappa shape index (κ3) is 4.64. The molecule has 0 aliphatic rings. The van der Waals surface area contributed by atoms with Gasteiger partial charge in [-0.3, -0.25) is 4.55 Å². The van der Waals surface area contributed by atoms with E-state index in [4.69, 9.17) is 9.29 Å². The minimum absolute atomic E-state index is 0.101. The number of para-hydroxylation sites is 1. The van der Waals surface area contributed by atoms with Gasteiger partial charge in [0.25, 0.3) is 10.1 Å². The normalized spacial score (nSPS) is 11.8. The van der Waals surface area contributed by atoms with Gasteiger partial charge in [0.15, 0.2) is 0 Å². The Morgan fingerprint density at radius 3 is 2.50 bits per heavy atom. The number of rotatable bonds is 4. The third-order valence-corrected chi connectivity index (χ3v) is 1.89. The zero-order chi connectivity index (χ0) is 10.4. The first-order valence-corrected chi connectivity index (χ1v) is 5.40. The van der Waals surface area contributed by atoms with E-state index in [0.717, 1.165) is 0 Å². The highest BCUT2D eigenvalue weighted by atomic mass is 32.2. The molecule has 1 rings (SSSR count). The molecule has 0 spiro atoms. The maximum Gasteiger partial charge on any atom is 0.287 e. The second kappa shape index (κ2) is 4.78. The van der Waals surface area contributed by atoms with Gasteiger partial charge in [-0.25, -0.2) is 0 Å². The number of hydrogen-bond donors (Lipinski definition) is 1. The molecule has 1 aromatic carbocycles. The highest BCUT2D eigenvalue weighted by molar-refractivity contribution is 7.88. The van der Waals surface area contributed by atoms with Gasteiger partial charge in [0.1, 0.15) is 12.4 Å². The van der Waals surface area contributed by atoms with Crippen molar-refractivity contribution in [2.24, 2.45) is 0 Å². The Hall–Kier alpha value is -1.33. The minimum Gasteiger partial charge on any atom is -0.490 e. The van der Waals surface area contributed by atoms with Crippen molar-refractivity contribution in [3.8, 4) is 5.75 Å². The van der Waals surface area contributed by atoms with Crippen molar-refractivity contribution in [1.29, 1.82) is 0 Å². The fourth-order valence-electron chi connectivity index (χ4n) is 0.822. The molecule has 0 saturated heterocycles. The zero-order valence-corrected chi connectivity index (χ0v) is 8.15. The Morgan fingerprint density at radius 1 is 1.29 bits per heavy atom. The highest BCUT2D eigenvalue weighted by Gasteiger charge is 1.94. The van der Waals surface area contributed by atoms with Crippen molar-refractivity contribution < 1.29 is 17.7 Å². The summed E-state index contributed by atoms with van der Waals surface area (Å²) in [6.07, 6.45) is 1.22. The predicted molar refractivity (Wildman–Crippen MR) is 52.6 cm³/mol. The average molecular weight is 214 g/mol. The summed E-state index contributed by atoms with van der Waals surface area (Å²) in [4.78, 5) is 0. The van der Waals surface area contributed by atoms with Crippen LogP contribution in [-0.2, 0) is 10.1 Å². The molecule has 0 radical (unpaired) electrons. The van der Waals surface area contributed by atoms with Crippen molar-refractivity contribution in [1.82, 2.24) is 0 Å². The third-order valence-electron chi connectivity index (χ3n) is 1.36. The standard InChI is InChI=1S/C9H10O4S/c10-14(11,12)8-4-7-13-9-5-2-1-3-6-9/h1-6,8H,7H2,(H,10,11,12). The van der Waals surface area contributed by atoms with E-state index >= 15 is 0 Å². The summed E-state index contributed by atoms with van der Waals surface area (Å²) in [5.74, 6) is 0.646. The van der Waals surface area contributed by atoms with Gasteiger partial charge in [-0.2, -0.15) is 8.42 Å². The molecule has 14 heavy (non-hydrogen) atoms. The molecule has 4 nitrogen and oxygen atoms in total. The molecule has 0 amide bonds. The highest BCUT2D eigenvalue weighted by Crippen LogP contribution is 2.07. The summed E-state index contributed by atoms with van der Waals surface area (Å²) in [5.41, 5.74) is 0. The van der Waals surface area contributed by atoms with E-state index in [9.17, 15) is 8.42 Å².